The van der Waals surface area contributed by atoms with Gasteiger partial charge < -0.3 is 10.4 Å². The first-order chi connectivity index (χ1) is 7.84. The largest absolute Gasteiger partial charge is 0.379 e. The number of amides is 1. The summed E-state index contributed by atoms with van der Waals surface area (Å²) in [6, 6.07) is 0. The van der Waals surface area contributed by atoms with Crippen LogP contribution in [0.4, 0.5) is 4.39 Å². The van der Waals surface area contributed by atoms with Crippen molar-refractivity contribution in [3.05, 3.63) is 22.6 Å². The lowest BCUT2D eigenvalue weighted by atomic mass is 9.80. The molecule has 1 aliphatic heterocycles. The maximum Gasteiger partial charge on any atom is 0.257 e. The van der Waals surface area contributed by atoms with Gasteiger partial charge in [0.25, 0.3) is 5.91 Å². The Morgan fingerprint density at radius 1 is 1.76 bits per heavy atom. The van der Waals surface area contributed by atoms with E-state index in [0.29, 0.717) is 5.70 Å². The van der Waals surface area contributed by atoms with E-state index in [-0.39, 0.29) is 23.7 Å². The SMILES string of the molecule is CC(=O)CC1(O)C(=O)NC2=CC(Cl)=C(F)CC21. The molecule has 1 saturated heterocycles. The van der Waals surface area contributed by atoms with Gasteiger partial charge in [0.1, 0.15) is 11.6 Å². The van der Waals surface area contributed by atoms with Crippen LogP contribution < -0.4 is 5.32 Å². The second-order valence-electron chi connectivity index (χ2n) is 4.37. The summed E-state index contributed by atoms with van der Waals surface area (Å²) < 4.78 is 13.4. The van der Waals surface area contributed by atoms with Crippen LogP contribution in [0.5, 0.6) is 0 Å². The first-order valence-corrected chi connectivity index (χ1v) is 5.51. The van der Waals surface area contributed by atoms with Crippen LogP contribution in [0.3, 0.4) is 0 Å². The summed E-state index contributed by atoms with van der Waals surface area (Å²) in [4.78, 5) is 22.8. The predicted molar refractivity (Wildman–Crippen MR) is 58.6 cm³/mol. The lowest BCUT2D eigenvalue weighted by molar-refractivity contribution is -0.143. The van der Waals surface area contributed by atoms with E-state index < -0.39 is 23.3 Å². The third-order valence-electron chi connectivity index (χ3n) is 3.05. The summed E-state index contributed by atoms with van der Waals surface area (Å²) in [5.74, 6) is -2.35. The van der Waals surface area contributed by atoms with E-state index in [9.17, 15) is 19.1 Å². The zero-order valence-corrected chi connectivity index (χ0v) is 9.84. The van der Waals surface area contributed by atoms with Gasteiger partial charge in [0.15, 0.2) is 5.60 Å². The van der Waals surface area contributed by atoms with Crippen LogP contribution in [0.2, 0.25) is 0 Å². The molecule has 0 saturated carbocycles. The first-order valence-electron chi connectivity index (χ1n) is 5.13. The van der Waals surface area contributed by atoms with Gasteiger partial charge >= 0.3 is 0 Å². The normalized spacial score (nSPS) is 32.1. The first kappa shape index (κ1) is 12.3. The molecule has 1 heterocycles. The van der Waals surface area contributed by atoms with E-state index in [0.717, 1.165) is 0 Å². The summed E-state index contributed by atoms with van der Waals surface area (Å²) in [7, 11) is 0. The van der Waals surface area contributed by atoms with Gasteiger partial charge in [-0.25, -0.2) is 4.39 Å². The molecule has 92 valence electrons. The lowest BCUT2D eigenvalue weighted by Crippen LogP contribution is -2.44. The number of carbonyl (C=O) groups is 2. The highest BCUT2D eigenvalue weighted by Gasteiger charge is 2.53. The van der Waals surface area contributed by atoms with E-state index in [1.807, 2.05) is 0 Å². The number of halogens is 2. The third kappa shape index (κ3) is 1.89. The Morgan fingerprint density at radius 3 is 3.00 bits per heavy atom. The Morgan fingerprint density at radius 2 is 2.41 bits per heavy atom. The van der Waals surface area contributed by atoms with Crippen LogP contribution in [0, 0.1) is 5.92 Å². The van der Waals surface area contributed by atoms with Gasteiger partial charge in [0.05, 0.1) is 5.03 Å². The molecule has 4 nitrogen and oxygen atoms in total. The number of ketones is 1. The molecule has 2 rings (SSSR count). The molecule has 0 bridgehead atoms. The number of fused-ring (bicyclic) bond motifs is 1. The van der Waals surface area contributed by atoms with Crippen molar-refractivity contribution >= 4 is 23.3 Å². The van der Waals surface area contributed by atoms with Crippen LogP contribution in [0.15, 0.2) is 22.6 Å². The highest BCUT2D eigenvalue weighted by atomic mass is 35.5. The zero-order chi connectivity index (χ0) is 12.8. The van der Waals surface area contributed by atoms with Crippen molar-refractivity contribution in [3.8, 4) is 0 Å². The highest BCUT2D eigenvalue weighted by Crippen LogP contribution is 2.42. The van der Waals surface area contributed by atoms with Gasteiger partial charge in [-0.05, 0) is 13.0 Å². The fraction of sp³-hybridized carbons (Fsp3) is 0.455. The lowest BCUT2D eigenvalue weighted by Gasteiger charge is -2.27. The maximum atomic E-state index is 13.4. The Labute approximate surface area is 102 Å². The summed E-state index contributed by atoms with van der Waals surface area (Å²) >= 11 is 5.61. The maximum absolute atomic E-state index is 13.4. The molecule has 2 unspecified atom stereocenters. The molecule has 0 aromatic heterocycles. The molecule has 0 aromatic carbocycles. The van der Waals surface area contributed by atoms with Gasteiger partial charge in [0.2, 0.25) is 0 Å². The van der Waals surface area contributed by atoms with Crippen LogP contribution in [0.25, 0.3) is 0 Å². The van der Waals surface area contributed by atoms with Crippen LogP contribution in [0.1, 0.15) is 19.8 Å². The van der Waals surface area contributed by atoms with Crippen molar-refractivity contribution in [2.45, 2.75) is 25.4 Å². The number of hydrogen-bond donors (Lipinski definition) is 2. The van der Waals surface area contributed by atoms with Crippen molar-refractivity contribution in [2.24, 2.45) is 5.92 Å². The minimum Gasteiger partial charge on any atom is -0.379 e. The van der Waals surface area contributed by atoms with Crippen LogP contribution >= 0.6 is 11.6 Å². The summed E-state index contributed by atoms with van der Waals surface area (Å²) in [5.41, 5.74) is -1.50. The Balaban J connectivity index is 2.37. The molecule has 0 spiro atoms. The van der Waals surface area contributed by atoms with E-state index in [1.54, 1.807) is 0 Å². The fourth-order valence-electron chi connectivity index (χ4n) is 2.23. The number of aliphatic hydroxyl groups is 1. The third-order valence-corrected chi connectivity index (χ3v) is 3.36. The topological polar surface area (TPSA) is 66.4 Å². The van der Waals surface area contributed by atoms with Crippen molar-refractivity contribution in [1.29, 1.82) is 0 Å². The van der Waals surface area contributed by atoms with E-state index >= 15 is 0 Å². The molecule has 2 aliphatic rings. The van der Waals surface area contributed by atoms with Gasteiger partial charge in [-0.1, -0.05) is 11.6 Å². The van der Waals surface area contributed by atoms with Crippen molar-refractivity contribution in [1.82, 2.24) is 5.32 Å². The molecule has 0 aromatic rings. The summed E-state index contributed by atoms with van der Waals surface area (Å²) in [6.07, 6.45) is 0.778. The average molecular weight is 260 g/mol. The molecule has 1 amide bonds. The Kier molecular flexibility index (Phi) is 2.83. The number of hydrogen-bond acceptors (Lipinski definition) is 3. The molecule has 1 fully saturated rings. The van der Waals surface area contributed by atoms with E-state index in [1.165, 1.54) is 13.0 Å². The summed E-state index contributed by atoms with van der Waals surface area (Å²) in [6.45, 7) is 1.27. The monoisotopic (exact) mass is 259 g/mol. The second-order valence-corrected chi connectivity index (χ2v) is 4.77. The highest BCUT2D eigenvalue weighted by molar-refractivity contribution is 6.31. The standard InChI is InChI=1S/C11H11ClFNO3/c1-5(15)4-11(17)6-2-8(13)7(12)3-9(6)14-10(11)16/h3,6,17H,2,4H2,1H3,(H,14,16). The zero-order valence-electron chi connectivity index (χ0n) is 9.09. The molecule has 1 aliphatic carbocycles. The van der Waals surface area contributed by atoms with Crippen molar-refractivity contribution in [2.75, 3.05) is 0 Å². The molecular weight excluding hydrogens is 249 g/mol. The Hall–Kier alpha value is -1.20. The number of carbonyl (C=O) groups excluding carboxylic acids is 2. The predicted octanol–water partition coefficient (Wildman–Crippen LogP) is 1.15. The molecule has 2 N–H and O–H groups in total. The molecule has 17 heavy (non-hydrogen) atoms. The average Bonchev–Trinajstić information content (AvgIpc) is 2.41. The number of allylic oxidation sites excluding steroid dienone is 3. The molecule has 6 heteroatoms. The van der Waals surface area contributed by atoms with Crippen LogP contribution in [-0.2, 0) is 9.59 Å². The fourth-order valence-corrected chi connectivity index (χ4v) is 2.43. The number of nitrogens with one attached hydrogen (secondary N) is 1. The van der Waals surface area contributed by atoms with Gasteiger partial charge in [-0.3, -0.25) is 9.59 Å². The Bertz CT molecular complexity index is 471. The second kappa shape index (κ2) is 3.92. The number of Topliss-reactive ketones (excluding diaryl/α,β-unsaturated/α-hetero) is 1. The minimum absolute atomic E-state index is 0.0800. The van der Waals surface area contributed by atoms with Crippen molar-refractivity contribution in [3.63, 3.8) is 0 Å². The smallest absolute Gasteiger partial charge is 0.257 e. The summed E-state index contributed by atoms with van der Waals surface area (Å²) in [5, 5.41) is 12.6. The minimum atomic E-state index is -1.87. The van der Waals surface area contributed by atoms with Crippen molar-refractivity contribution < 1.29 is 19.1 Å². The molecule has 0 radical (unpaired) electrons. The van der Waals surface area contributed by atoms with Gasteiger partial charge in [-0.15, -0.1) is 0 Å². The van der Waals surface area contributed by atoms with E-state index in [2.05, 4.69) is 5.32 Å². The molecule has 2 atom stereocenters. The van der Waals surface area contributed by atoms with Gasteiger partial charge in [-0.2, -0.15) is 0 Å². The molecular formula is C11H11ClFNO3. The number of rotatable bonds is 2. The van der Waals surface area contributed by atoms with E-state index in [4.69, 9.17) is 11.6 Å². The van der Waals surface area contributed by atoms with Crippen LogP contribution in [-0.4, -0.2) is 22.4 Å². The quantitative estimate of drug-likeness (QED) is 0.782. The van der Waals surface area contributed by atoms with Gasteiger partial charge in [0, 0.05) is 24.5 Å².